The molecule has 2 aromatic rings. The lowest BCUT2D eigenvalue weighted by atomic mass is 9.99. The first-order valence-electron chi connectivity index (χ1n) is 8.99. The zero-order valence-corrected chi connectivity index (χ0v) is 15.3. The maximum absolute atomic E-state index is 6.21. The molecule has 25 heavy (non-hydrogen) atoms. The molecule has 0 aliphatic carbocycles. The number of anilines is 1. The van der Waals surface area contributed by atoms with Crippen LogP contribution in [0.1, 0.15) is 22.3 Å². The molecule has 1 heterocycles. The molecule has 0 aromatic heterocycles. The Balaban J connectivity index is 1.71. The largest absolute Gasteiger partial charge is 0.492 e. The maximum Gasteiger partial charge on any atom is 0.125 e. The average Bonchev–Trinajstić information content (AvgIpc) is 2.58. The van der Waals surface area contributed by atoms with Crippen LogP contribution in [-0.2, 0) is 11.2 Å². The van der Waals surface area contributed by atoms with Crippen molar-refractivity contribution in [2.24, 2.45) is 0 Å². The number of nitrogens with zero attached hydrogens (tertiary/aromatic N) is 1. The van der Waals surface area contributed by atoms with E-state index in [1.165, 1.54) is 22.3 Å². The van der Waals surface area contributed by atoms with Crippen molar-refractivity contribution >= 4 is 5.69 Å². The highest BCUT2D eigenvalue weighted by Crippen LogP contribution is 2.28. The van der Waals surface area contributed by atoms with Crippen LogP contribution >= 0.6 is 0 Å². The molecule has 1 fully saturated rings. The van der Waals surface area contributed by atoms with E-state index in [1.54, 1.807) is 0 Å². The summed E-state index contributed by atoms with van der Waals surface area (Å²) < 4.78 is 11.6. The number of aryl methyl sites for hydroxylation is 2. The molecule has 2 N–H and O–H groups in total. The summed E-state index contributed by atoms with van der Waals surface area (Å²) in [5, 5.41) is 0. The number of ether oxygens (including phenoxy) is 2. The highest BCUT2D eigenvalue weighted by molar-refractivity contribution is 5.48. The quantitative estimate of drug-likeness (QED) is 0.821. The van der Waals surface area contributed by atoms with Gasteiger partial charge >= 0.3 is 0 Å². The summed E-state index contributed by atoms with van der Waals surface area (Å²) in [6, 6.07) is 12.5. The van der Waals surface area contributed by atoms with Crippen molar-refractivity contribution in [2.75, 3.05) is 45.2 Å². The molecule has 134 valence electrons. The molecule has 0 saturated carbocycles. The predicted octanol–water partition coefficient (Wildman–Crippen LogP) is 3.19. The van der Waals surface area contributed by atoms with E-state index < -0.39 is 0 Å². The molecule has 1 saturated heterocycles. The maximum atomic E-state index is 6.21. The number of hydrogen-bond donors (Lipinski definition) is 1. The van der Waals surface area contributed by atoms with Gasteiger partial charge in [0.15, 0.2) is 0 Å². The topological polar surface area (TPSA) is 47.7 Å². The first-order valence-corrected chi connectivity index (χ1v) is 8.99. The van der Waals surface area contributed by atoms with Gasteiger partial charge in [0.05, 0.1) is 13.2 Å². The van der Waals surface area contributed by atoms with E-state index in [-0.39, 0.29) is 0 Å². The normalized spacial score (nSPS) is 15.3. The summed E-state index contributed by atoms with van der Waals surface area (Å²) in [6.45, 7) is 9.53. The van der Waals surface area contributed by atoms with Crippen molar-refractivity contribution in [3.63, 3.8) is 0 Å². The number of rotatable bonds is 6. The smallest absolute Gasteiger partial charge is 0.125 e. The summed E-state index contributed by atoms with van der Waals surface area (Å²) in [5.41, 5.74) is 11.6. The molecule has 0 amide bonds. The highest BCUT2D eigenvalue weighted by atomic mass is 16.5. The lowest BCUT2D eigenvalue weighted by Crippen LogP contribution is -2.38. The zero-order valence-electron chi connectivity index (χ0n) is 15.3. The van der Waals surface area contributed by atoms with E-state index in [4.69, 9.17) is 15.2 Å². The number of morpholine rings is 1. The molecular weight excluding hydrogens is 312 g/mol. The van der Waals surface area contributed by atoms with Crippen LogP contribution in [-0.4, -0.2) is 44.4 Å². The number of benzene rings is 2. The fraction of sp³-hybridized carbons (Fsp3) is 0.429. The van der Waals surface area contributed by atoms with Gasteiger partial charge in [-0.25, -0.2) is 0 Å². The van der Waals surface area contributed by atoms with Crippen molar-refractivity contribution in [3.8, 4) is 5.75 Å². The van der Waals surface area contributed by atoms with Gasteiger partial charge in [0, 0.05) is 31.7 Å². The Hall–Kier alpha value is -2.04. The Morgan fingerprint density at radius 1 is 1.12 bits per heavy atom. The average molecular weight is 340 g/mol. The van der Waals surface area contributed by atoms with Crippen molar-refractivity contribution in [3.05, 3.63) is 58.7 Å². The highest BCUT2D eigenvalue weighted by Gasteiger charge is 2.13. The minimum absolute atomic E-state index is 0.702. The minimum Gasteiger partial charge on any atom is -0.492 e. The Bertz CT molecular complexity index is 709. The van der Waals surface area contributed by atoms with Gasteiger partial charge in [-0.15, -0.1) is 0 Å². The molecule has 0 radical (unpaired) electrons. The zero-order chi connectivity index (χ0) is 17.6. The van der Waals surface area contributed by atoms with E-state index >= 15 is 0 Å². The summed E-state index contributed by atoms with van der Waals surface area (Å²) in [5.74, 6) is 1.02. The van der Waals surface area contributed by atoms with Crippen molar-refractivity contribution < 1.29 is 9.47 Å². The molecule has 1 aliphatic rings. The molecule has 1 aliphatic heterocycles. The lowest BCUT2D eigenvalue weighted by Gasteiger charge is -2.26. The molecular formula is C21H28N2O2. The van der Waals surface area contributed by atoms with Gasteiger partial charge in [-0.05, 0) is 42.7 Å². The second-order valence-corrected chi connectivity index (χ2v) is 6.79. The third-order valence-electron chi connectivity index (χ3n) is 4.60. The van der Waals surface area contributed by atoms with Crippen LogP contribution < -0.4 is 10.5 Å². The van der Waals surface area contributed by atoms with Crippen LogP contribution in [0.4, 0.5) is 5.69 Å². The van der Waals surface area contributed by atoms with Gasteiger partial charge in [0.25, 0.3) is 0 Å². The van der Waals surface area contributed by atoms with E-state index in [0.29, 0.717) is 6.61 Å². The van der Waals surface area contributed by atoms with Gasteiger partial charge in [-0.1, -0.05) is 29.8 Å². The first-order chi connectivity index (χ1) is 12.1. The van der Waals surface area contributed by atoms with Crippen molar-refractivity contribution in [2.45, 2.75) is 20.3 Å². The molecule has 3 rings (SSSR count). The lowest BCUT2D eigenvalue weighted by molar-refractivity contribution is 0.0321. The van der Waals surface area contributed by atoms with Crippen LogP contribution in [0, 0.1) is 13.8 Å². The Labute approximate surface area is 150 Å². The molecule has 0 atom stereocenters. The number of nitrogens with two attached hydrogens (primary N) is 1. The molecule has 0 unspecified atom stereocenters. The van der Waals surface area contributed by atoms with E-state index in [9.17, 15) is 0 Å². The van der Waals surface area contributed by atoms with E-state index in [1.807, 2.05) is 18.2 Å². The second-order valence-electron chi connectivity index (χ2n) is 6.79. The fourth-order valence-electron chi connectivity index (χ4n) is 3.40. The first kappa shape index (κ1) is 17.8. The van der Waals surface area contributed by atoms with Crippen LogP contribution in [0.25, 0.3) is 0 Å². The summed E-state index contributed by atoms with van der Waals surface area (Å²) in [6.07, 6.45) is 0.834. The Kier molecular flexibility index (Phi) is 5.95. The summed E-state index contributed by atoms with van der Waals surface area (Å²) in [7, 11) is 0. The van der Waals surface area contributed by atoms with Gasteiger partial charge in [-0.2, -0.15) is 0 Å². The molecule has 0 spiro atoms. The van der Waals surface area contributed by atoms with Crippen LogP contribution in [0.2, 0.25) is 0 Å². The van der Waals surface area contributed by atoms with Gasteiger partial charge in [0.1, 0.15) is 12.4 Å². The van der Waals surface area contributed by atoms with E-state index in [0.717, 1.165) is 50.7 Å². The van der Waals surface area contributed by atoms with Gasteiger partial charge < -0.3 is 15.2 Å². The van der Waals surface area contributed by atoms with E-state index in [2.05, 4.69) is 36.9 Å². The fourth-order valence-corrected chi connectivity index (χ4v) is 3.40. The number of nitrogen functional groups attached to an aromatic ring is 1. The minimum atomic E-state index is 0.702. The monoisotopic (exact) mass is 340 g/mol. The SMILES string of the molecule is Cc1cc(C)c(OCCN2CCOCC2)c(Cc2cccc(N)c2)c1. The van der Waals surface area contributed by atoms with Gasteiger partial charge in [0.2, 0.25) is 0 Å². The molecule has 4 nitrogen and oxygen atoms in total. The number of hydrogen-bond acceptors (Lipinski definition) is 4. The molecule has 0 bridgehead atoms. The third-order valence-corrected chi connectivity index (χ3v) is 4.60. The van der Waals surface area contributed by atoms with Crippen LogP contribution in [0.5, 0.6) is 5.75 Å². The molecule has 4 heteroatoms. The van der Waals surface area contributed by atoms with Crippen molar-refractivity contribution in [1.29, 1.82) is 0 Å². The summed E-state index contributed by atoms with van der Waals surface area (Å²) in [4.78, 5) is 2.39. The van der Waals surface area contributed by atoms with Gasteiger partial charge in [-0.3, -0.25) is 4.90 Å². The standard InChI is InChI=1S/C21H28N2O2/c1-16-12-17(2)21(25-11-8-23-6-9-24-10-7-23)19(13-16)14-18-4-3-5-20(22)15-18/h3-5,12-13,15H,6-11,14,22H2,1-2H3. The van der Waals surface area contributed by atoms with Crippen LogP contribution in [0.15, 0.2) is 36.4 Å². The molecule has 2 aromatic carbocycles. The van der Waals surface area contributed by atoms with Crippen LogP contribution in [0.3, 0.4) is 0 Å². The second kappa shape index (κ2) is 8.37. The summed E-state index contributed by atoms with van der Waals surface area (Å²) >= 11 is 0. The third kappa shape index (κ3) is 4.97. The Morgan fingerprint density at radius 2 is 1.92 bits per heavy atom. The predicted molar refractivity (Wildman–Crippen MR) is 102 cm³/mol. The Morgan fingerprint density at radius 3 is 2.68 bits per heavy atom. The van der Waals surface area contributed by atoms with Crippen molar-refractivity contribution in [1.82, 2.24) is 4.90 Å².